The maximum Gasteiger partial charge on any atom is 0.243 e. The zero-order chi connectivity index (χ0) is 25.7. The van der Waals surface area contributed by atoms with Gasteiger partial charge in [0.15, 0.2) is 0 Å². The maximum atomic E-state index is 13.5. The van der Waals surface area contributed by atoms with Crippen molar-refractivity contribution in [2.24, 2.45) is 0 Å². The van der Waals surface area contributed by atoms with Gasteiger partial charge in [0.2, 0.25) is 15.9 Å². The van der Waals surface area contributed by atoms with Crippen molar-refractivity contribution in [2.45, 2.75) is 11.4 Å². The highest BCUT2D eigenvalue weighted by atomic mass is 79.9. The van der Waals surface area contributed by atoms with Gasteiger partial charge in [-0.3, -0.25) is 4.79 Å². The number of anilines is 1. The number of halogens is 2. The average Bonchev–Trinajstić information content (AvgIpc) is 2.89. The van der Waals surface area contributed by atoms with E-state index in [1.165, 1.54) is 28.6 Å². The number of sulfonamides is 1. The summed E-state index contributed by atoms with van der Waals surface area (Å²) in [4.78, 5) is 17.3. The van der Waals surface area contributed by atoms with Crippen LogP contribution < -0.4 is 9.64 Å². The molecule has 1 saturated heterocycles. The third-order valence-corrected chi connectivity index (χ3v) is 8.68. The van der Waals surface area contributed by atoms with Crippen LogP contribution in [0.15, 0.2) is 82.2 Å². The van der Waals surface area contributed by atoms with E-state index in [4.69, 9.17) is 16.3 Å². The van der Waals surface area contributed by atoms with Gasteiger partial charge in [-0.25, -0.2) is 8.42 Å². The van der Waals surface area contributed by atoms with Gasteiger partial charge in [0.1, 0.15) is 5.75 Å². The molecule has 1 fully saturated rings. The summed E-state index contributed by atoms with van der Waals surface area (Å²) < 4.78 is 34.6. The van der Waals surface area contributed by atoms with E-state index in [1.54, 1.807) is 12.0 Å². The lowest BCUT2D eigenvalue weighted by Gasteiger charge is -2.37. The first-order chi connectivity index (χ1) is 17.3. The highest BCUT2D eigenvalue weighted by Gasteiger charge is 2.30. The number of hydrogen-bond donors (Lipinski definition) is 0. The van der Waals surface area contributed by atoms with Crippen LogP contribution in [0.25, 0.3) is 0 Å². The van der Waals surface area contributed by atoms with Crippen molar-refractivity contribution in [3.8, 4) is 5.75 Å². The van der Waals surface area contributed by atoms with Gasteiger partial charge in [-0.05, 0) is 54.1 Å². The van der Waals surface area contributed by atoms with Gasteiger partial charge < -0.3 is 14.5 Å². The van der Waals surface area contributed by atoms with Crippen LogP contribution in [-0.2, 0) is 21.4 Å². The van der Waals surface area contributed by atoms with E-state index in [2.05, 4.69) is 20.8 Å². The lowest BCUT2D eigenvalue weighted by atomic mass is 10.2. The summed E-state index contributed by atoms with van der Waals surface area (Å²) in [7, 11) is -2.30. The van der Waals surface area contributed by atoms with Crippen LogP contribution in [0.5, 0.6) is 5.75 Å². The Morgan fingerprint density at radius 2 is 1.61 bits per heavy atom. The van der Waals surface area contributed by atoms with Crippen molar-refractivity contribution >= 4 is 49.1 Å². The number of carbonyl (C=O) groups is 1. The van der Waals surface area contributed by atoms with E-state index in [0.717, 1.165) is 21.5 Å². The number of piperazine rings is 1. The van der Waals surface area contributed by atoms with Gasteiger partial charge in [-0.2, -0.15) is 4.31 Å². The fourth-order valence-electron chi connectivity index (χ4n) is 4.11. The Balaban J connectivity index is 1.50. The number of amides is 1. The molecule has 0 N–H and O–H groups in total. The van der Waals surface area contributed by atoms with Gasteiger partial charge in [-0.15, -0.1) is 0 Å². The first-order valence-electron chi connectivity index (χ1n) is 11.4. The van der Waals surface area contributed by atoms with E-state index in [9.17, 15) is 13.2 Å². The average molecular weight is 593 g/mol. The summed E-state index contributed by atoms with van der Waals surface area (Å²) in [5.74, 6) is 0.552. The highest BCUT2D eigenvalue weighted by Crippen LogP contribution is 2.28. The molecule has 0 atom stereocenters. The van der Waals surface area contributed by atoms with Gasteiger partial charge in [0.25, 0.3) is 0 Å². The Hall–Kier alpha value is -2.59. The lowest BCUT2D eigenvalue weighted by molar-refractivity contribution is -0.131. The molecule has 7 nitrogen and oxygen atoms in total. The molecule has 0 unspecified atom stereocenters. The number of benzene rings is 3. The fourth-order valence-corrected chi connectivity index (χ4v) is 5.88. The molecule has 0 spiro atoms. The molecule has 0 bridgehead atoms. The predicted molar refractivity (Wildman–Crippen MR) is 145 cm³/mol. The molecule has 1 heterocycles. The summed E-state index contributed by atoms with van der Waals surface area (Å²) in [5.41, 5.74) is 1.76. The molecule has 10 heteroatoms. The smallest absolute Gasteiger partial charge is 0.243 e. The van der Waals surface area contributed by atoms with Crippen molar-refractivity contribution in [3.05, 3.63) is 87.9 Å². The second-order valence-corrected chi connectivity index (χ2v) is 11.7. The van der Waals surface area contributed by atoms with Crippen LogP contribution in [0, 0.1) is 0 Å². The summed E-state index contributed by atoms with van der Waals surface area (Å²) in [6, 6.07) is 21.1. The van der Waals surface area contributed by atoms with Crippen LogP contribution in [-0.4, -0.2) is 63.4 Å². The zero-order valence-electron chi connectivity index (χ0n) is 19.8. The zero-order valence-corrected chi connectivity index (χ0v) is 23.0. The first kappa shape index (κ1) is 26.5. The fraction of sp³-hybridized carbons (Fsp3) is 0.269. The van der Waals surface area contributed by atoms with Crippen molar-refractivity contribution < 1.29 is 17.9 Å². The van der Waals surface area contributed by atoms with Crippen molar-refractivity contribution in [1.29, 1.82) is 0 Å². The second-order valence-electron chi connectivity index (χ2n) is 8.39. The third-order valence-electron chi connectivity index (χ3n) is 6.09. The normalized spacial score (nSPS) is 14.2. The van der Waals surface area contributed by atoms with E-state index in [1.807, 2.05) is 48.5 Å². The molecule has 3 aromatic rings. The molecular weight excluding hydrogens is 566 g/mol. The van der Waals surface area contributed by atoms with Gasteiger partial charge in [0.05, 0.1) is 24.2 Å². The summed E-state index contributed by atoms with van der Waals surface area (Å²) in [5, 5.41) is 0.442. The molecule has 190 valence electrons. The van der Waals surface area contributed by atoms with E-state index in [-0.39, 0.29) is 23.9 Å². The minimum Gasteiger partial charge on any atom is -0.495 e. The first-order valence-corrected chi connectivity index (χ1v) is 14.0. The highest BCUT2D eigenvalue weighted by molar-refractivity contribution is 9.10. The molecule has 1 amide bonds. The van der Waals surface area contributed by atoms with Crippen LogP contribution in [0.2, 0.25) is 5.02 Å². The second kappa shape index (κ2) is 11.6. The van der Waals surface area contributed by atoms with Crippen molar-refractivity contribution in [2.75, 3.05) is 44.7 Å². The number of rotatable bonds is 8. The Bertz CT molecular complexity index is 1300. The van der Waals surface area contributed by atoms with Crippen molar-refractivity contribution in [3.63, 3.8) is 0 Å². The van der Waals surface area contributed by atoms with Gasteiger partial charge in [0, 0.05) is 42.2 Å². The molecule has 0 aliphatic carbocycles. The molecule has 0 saturated carbocycles. The number of hydrogen-bond acceptors (Lipinski definition) is 5. The monoisotopic (exact) mass is 591 g/mol. The quantitative estimate of drug-likeness (QED) is 0.381. The third kappa shape index (κ3) is 6.21. The number of ether oxygens (including phenoxy) is 1. The molecule has 1 aliphatic rings. The molecule has 0 aromatic heterocycles. The number of carbonyl (C=O) groups excluding carboxylic acids is 1. The number of nitrogens with zero attached hydrogens (tertiary/aromatic N) is 3. The van der Waals surface area contributed by atoms with E-state index in [0.29, 0.717) is 31.2 Å². The summed E-state index contributed by atoms with van der Waals surface area (Å²) in [6.45, 7) is 2.06. The number of methoxy groups -OCH3 is 1. The number of para-hydroxylation sites is 2. The molecule has 0 radical (unpaired) electrons. The van der Waals surface area contributed by atoms with E-state index < -0.39 is 10.0 Å². The minimum atomic E-state index is -3.93. The Kier molecular flexibility index (Phi) is 8.56. The molecule has 36 heavy (non-hydrogen) atoms. The Morgan fingerprint density at radius 3 is 2.25 bits per heavy atom. The van der Waals surface area contributed by atoms with Crippen molar-refractivity contribution in [1.82, 2.24) is 9.21 Å². The standard InChI is InChI=1S/C26H27BrClN3O4S/c1-35-25-5-3-2-4-24(25)29-14-16-30(17-15-29)26(32)19-31(18-20-6-8-21(27)9-7-20)36(33,34)23-12-10-22(28)11-13-23/h2-13H,14-19H2,1H3. The van der Waals surface area contributed by atoms with Crippen LogP contribution >= 0.6 is 27.5 Å². The lowest BCUT2D eigenvalue weighted by Crippen LogP contribution is -2.51. The molecule has 1 aliphatic heterocycles. The largest absolute Gasteiger partial charge is 0.495 e. The predicted octanol–water partition coefficient (Wildman–Crippen LogP) is 4.65. The topological polar surface area (TPSA) is 70.2 Å². The Morgan fingerprint density at radius 1 is 0.972 bits per heavy atom. The minimum absolute atomic E-state index is 0.0746. The van der Waals surface area contributed by atoms with Crippen LogP contribution in [0.1, 0.15) is 5.56 Å². The molecule has 4 rings (SSSR count). The molecule has 3 aromatic carbocycles. The van der Waals surface area contributed by atoms with Gasteiger partial charge >= 0.3 is 0 Å². The van der Waals surface area contributed by atoms with E-state index >= 15 is 0 Å². The summed E-state index contributed by atoms with van der Waals surface area (Å²) in [6.07, 6.45) is 0. The Labute approximate surface area is 225 Å². The molecular formula is C26H27BrClN3O4S. The van der Waals surface area contributed by atoms with Crippen LogP contribution in [0.3, 0.4) is 0 Å². The summed E-state index contributed by atoms with van der Waals surface area (Å²) >= 11 is 9.36. The SMILES string of the molecule is COc1ccccc1N1CCN(C(=O)CN(Cc2ccc(Br)cc2)S(=O)(=O)c2ccc(Cl)cc2)CC1. The maximum absolute atomic E-state index is 13.5. The van der Waals surface area contributed by atoms with Gasteiger partial charge in [-0.1, -0.05) is 51.8 Å². The van der Waals surface area contributed by atoms with Crippen LogP contribution in [0.4, 0.5) is 5.69 Å².